The summed E-state index contributed by atoms with van der Waals surface area (Å²) < 4.78 is 17.1. The van der Waals surface area contributed by atoms with E-state index in [2.05, 4.69) is 5.32 Å². The molecule has 1 heterocycles. The minimum Gasteiger partial charge on any atom is -0.497 e. The summed E-state index contributed by atoms with van der Waals surface area (Å²) in [5.41, 5.74) is 1.70. The van der Waals surface area contributed by atoms with Crippen LogP contribution in [0.15, 0.2) is 71.7 Å². The van der Waals surface area contributed by atoms with Crippen molar-refractivity contribution in [2.75, 3.05) is 27.9 Å². The Morgan fingerprint density at radius 2 is 1.69 bits per heavy atom. The van der Waals surface area contributed by atoms with E-state index in [9.17, 15) is 9.59 Å². The van der Waals surface area contributed by atoms with Crippen LogP contribution in [0.25, 0.3) is 11.8 Å². The number of nitrogens with zero attached hydrogens (tertiary/aromatic N) is 1. The Kier molecular flexibility index (Phi) is 7.70. The first kappa shape index (κ1) is 22.7. The van der Waals surface area contributed by atoms with E-state index in [4.69, 9.17) is 14.2 Å². The first-order chi connectivity index (χ1) is 15.5. The zero-order chi connectivity index (χ0) is 22.9. The average Bonchev–Trinajstić information content (AvgIpc) is 2.83. The fourth-order valence-corrected chi connectivity index (χ4v) is 3.18. The molecule has 0 aliphatic heterocycles. The molecule has 3 aromatic rings. The van der Waals surface area contributed by atoms with Crippen molar-refractivity contribution in [1.82, 2.24) is 9.88 Å². The summed E-state index contributed by atoms with van der Waals surface area (Å²) in [5.74, 6) is 1.63. The van der Waals surface area contributed by atoms with E-state index >= 15 is 0 Å². The van der Waals surface area contributed by atoms with Crippen molar-refractivity contribution in [3.8, 4) is 17.2 Å². The predicted octanol–water partition coefficient (Wildman–Crippen LogP) is 3.23. The fourth-order valence-electron chi connectivity index (χ4n) is 3.18. The van der Waals surface area contributed by atoms with Crippen LogP contribution in [0.5, 0.6) is 17.2 Å². The van der Waals surface area contributed by atoms with Crippen molar-refractivity contribution in [1.29, 1.82) is 0 Å². The van der Waals surface area contributed by atoms with Gasteiger partial charge in [0, 0.05) is 18.8 Å². The third kappa shape index (κ3) is 5.57. The number of benzene rings is 2. The Morgan fingerprint density at radius 1 is 0.938 bits per heavy atom. The lowest BCUT2D eigenvalue weighted by atomic mass is 10.1. The molecule has 166 valence electrons. The Labute approximate surface area is 186 Å². The molecule has 3 rings (SSSR count). The number of aromatic nitrogens is 1. The van der Waals surface area contributed by atoms with Gasteiger partial charge in [0.15, 0.2) is 11.5 Å². The number of nitrogens with one attached hydrogen (secondary N) is 1. The molecular weight excluding hydrogens is 408 g/mol. The first-order valence-corrected chi connectivity index (χ1v) is 10.1. The Morgan fingerprint density at radius 3 is 2.34 bits per heavy atom. The molecule has 0 atom stereocenters. The van der Waals surface area contributed by atoms with Crippen LogP contribution in [0.2, 0.25) is 0 Å². The minimum absolute atomic E-state index is 0.230. The van der Waals surface area contributed by atoms with E-state index in [0.29, 0.717) is 30.2 Å². The lowest BCUT2D eigenvalue weighted by Gasteiger charge is -2.13. The molecule has 0 fully saturated rings. The van der Waals surface area contributed by atoms with Crippen molar-refractivity contribution in [2.24, 2.45) is 0 Å². The second-order valence-electron chi connectivity index (χ2n) is 6.91. The van der Waals surface area contributed by atoms with Gasteiger partial charge in [0.1, 0.15) is 11.4 Å². The molecule has 1 N–H and O–H groups in total. The van der Waals surface area contributed by atoms with Crippen molar-refractivity contribution < 1.29 is 19.0 Å². The lowest BCUT2D eigenvalue weighted by molar-refractivity contribution is -0.115. The smallest absolute Gasteiger partial charge is 0.268 e. The van der Waals surface area contributed by atoms with Crippen molar-refractivity contribution in [3.63, 3.8) is 0 Å². The Bertz CT molecular complexity index is 1150. The summed E-state index contributed by atoms with van der Waals surface area (Å²) in [7, 11) is 4.75. The van der Waals surface area contributed by atoms with E-state index in [1.165, 1.54) is 10.6 Å². The number of hydrogen-bond donors (Lipinski definition) is 1. The highest BCUT2D eigenvalue weighted by Gasteiger charge is 2.13. The quantitative estimate of drug-likeness (QED) is 0.523. The summed E-state index contributed by atoms with van der Waals surface area (Å²) >= 11 is 0. The second kappa shape index (κ2) is 10.9. The van der Waals surface area contributed by atoms with Crippen LogP contribution in [-0.2, 0) is 11.2 Å². The Balaban J connectivity index is 1.79. The molecule has 1 amide bonds. The number of carbonyl (C=O) groups excluding carboxylic acids is 1. The molecular formula is C25H26N2O5. The number of hydrogen-bond acceptors (Lipinski definition) is 5. The maximum atomic E-state index is 13.0. The van der Waals surface area contributed by atoms with E-state index in [1.54, 1.807) is 57.9 Å². The molecule has 0 bridgehead atoms. The van der Waals surface area contributed by atoms with Crippen LogP contribution in [-0.4, -0.2) is 38.3 Å². The highest BCUT2D eigenvalue weighted by molar-refractivity contribution is 6.18. The van der Waals surface area contributed by atoms with E-state index in [0.717, 1.165) is 11.1 Å². The topological polar surface area (TPSA) is 78.8 Å². The Hall–Kier alpha value is -4.00. The number of ether oxygens (including phenoxy) is 3. The first-order valence-electron chi connectivity index (χ1n) is 10.1. The van der Waals surface area contributed by atoms with Gasteiger partial charge in [-0.05, 0) is 54.0 Å². The number of amides is 1. The van der Waals surface area contributed by atoms with Crippen LogP contribution in [0, 0.1) is 0 Å². The van der Waals surface area contributed by atoms with E-state index in [-0.39, 0.29) is 17.2 Å². The summed E-state index contributed by atoms with van der Waals surface area (Å²) in [6.07, 6.45) is 3.84. The normalized spacial score (nSPS) is 11.0. The average molecular weight is 434 g/mol. The predicted molar refractivity (Wildman–Crippen MR) is 124 cm³/mol. The number of carbonyl (C=O) groups is 1. The van der Waals surface area contributed by atoms with Crippen LogP contribution >= 0.6 is 0 Å². The molecule has 7 nitrogen and oxygen atoms in total. The van der Waals surface area contributed by atoms with Crippen LogP contribution < -0.4 is 25.1 Å². The molecule has 0 saturated carbocycles. The molecule has 0 saturated heterocycles. The van der Waals surface area contributed by atoms with Gasteiger partial charge >= 0.3 is 0 Å². The molecule has 32 heavy (non-hydrogen) atoms. The molecule has 7 heteroatoms. The molecule has 0 spiro atoms. The second-order valence-corrected chi connectivity index (χ2v) is 6.91. The van der Waals surface area contributed by atoms with Gasteiger partial charge in [0.2, 0.25) is 0 Å². The summed E-state index contributed by atoms with van der Waals surface area (Å²) in [6.45, 7) is 0.385. The third-order valence-corrected chi connectivity index (χ3v) is 4.88. The number of rotatable bonds is 9. The summed E-state index contributed by atoms with van der Waals surface area (Å²) in [5, 5.41) is 2.90. The molecule has 0 aliphatic carbocycles. The van der Waals surface area contributed by atoms with Gasteiger partial charge in [0.05, 0.1) is 21.3 Å². The van der Waals surface area contributed by atoms with E-state index in [1.807, 2.05) is 30.3 Å². The monoisotopic (exact) mass is 434 g/mol. The number of pyridine rings is 1. The third-order valence-electron chi connectivity index (χ3n) is 4.88. The van der Waals surface area contributed by atoms with Gasteiger partial charge in [-0.1, -0.05) is 24.3 Å². The van der Waals surface area contributed by atoms with Gasteiger partial charge in [-0.15, -0.1) is 0 Å². The number of methoxy groups -OCH3 is 3. The van der Waals surface area contributed by atoms with Crippen LogP contribution in [0.1, 0.15) is 11.1 Å². The van der Waals surface area contributed by atoms with Crippen molar-refractivity contribution in [3.05, 3.63) is 88.3 Å². The zero-order valence-corrected chi connectivity index (χ0v) is 18.3. The van der Waals surface area contributed by atoms with Gasteiger partial charge in [0.25, 0.3) is 11.5 Å². The van der Waals surface area contributed by atoms with Crippen molar-refractivity contribution in [2.45, 2.75) is 6.42 Å². The summed E-state index contributed by atoms with van der Waals surface area (Å²) in [4.78, 5) is 25.4. The van der Waals surface area contributed by atoms with Crippen LogP contribution in [0.4, 0.5) is 0 Å². The molecule has 0 unspecified atom stereocenters. The highest BCUT2D eigenvalue weighted by atomic mass is 16.5. The van der Waals surface area contributed by atoms with Gasteiger partial charge < -0.3 is 19.5 Å². The molecule has 0 radical (unpaired) electrons. The minimum atomic E-state index is -0.352. The maximum Gasteiger partial charge on any atom is 0.268 e. The van der Waals surface area contributed by atoms with Gasteiger partial charge in [-0.25, -0.2) is 0 Å². The maximum absolute atomic E-state index is 13.0. The van der Waals surface area contributed by atoms with Crippen LogP contribution in [0.3, 0.4) is 0 Å². The largest absolute Gasteiger partial charge is 0.497 e. The molecule has 1 aromatic heterocycles. The SMILES string of the molecule is COc1ccc(C=C(C(=O)NCCc2ccc(OC)c(OC)c2)n2ccccc2=O)cc1. The summed E-state index contributed by atoms with van der Waals surface area (Å²) in [6, 6.07) is 17.6. The molecule has 0 aliphatic rings. The molecule has 2 aromatic carbocycles. The van der Waals surface area contributed by atoms with Gasteiger partial charge in [-0.2, -0.15) is 0 Å². The standard InChI is InChI=1S/C25H26N2O5/c1-30-20-10-7-18(8-11-20)16-21(27-15-5-4-6-24(27)28)25(29)26-14-13-19-9-12-22(31-2)23(17-19)32-3/h4-12,15-17H,13-14H2,1-3H3,(H,26,29). The highest BCUT2D eigenvalue weighted by Crippen LogP contribution is 2.27. The zero-order valence-electron chi connectivity index (χ0n) is 18.3. The fraction of sp³-hybridized carbons (Fsp3) is 0.200. The van der Waals surface area contributed by atoms with Crippen molar-refractivity contribution >= 4 is 17.7 Å². The van der Waals surface area contributed by atoms with Gasteiger partial charge in [-0.3, -0.25) is 14.2 Å². The lowest BCUT2D eigenvalue weighted by Crippen LogP contribution is -2.31. The van der Waals surface area contributed by atoms with E-state index < -0.39 is 0 Å².